The minimum absolute atomic E-state index is 0.114. The van der Waals surface area contributed by atoms with Gasteiger partial charge in [0.1, 0.15) is 6.61 Å². The topological polar surface area (TPSA) is 150 Å². The van der Waals surface area contributed by atoms with E-state index in [4.69, 9.17) is 31.0 Å². The SMILES string of the molecule is C/C(=C\c1ccc(OC2CCC(/C(C)=N/OCc3cccc(Cl)c3)C2)c(F)c1)C(=O)NC1C(O)[I-]C(OCO)C(O)C1O. The molecule has 1 saturated heterocycles. The summed E-state index contributed by atoms with van der Waals surface area (Å²) in [7, 11) is 0. The third-order valence-electron chi connectivity index (χ3n) is 7.36. The van der Waals surface area contributed by atoms with Gasteiger partial charge in [-0.2, -0.15) is 0 Å². The van der Waals surface area contributed by atoms with Gasteiger partial charge in [0, 0.05) is 10.9 Å². The molecule has 7 atom stereocenters. The van der Waals surface area contributed by atoms with Crippen molar-refractivity contribution in [1.29, 1.82) is 0 Å². The van der Waals surface area contributed by atoms with E-state index in [0.717, 1.165) is 24.1 Å². The number of alkyl halides is 2. The molecule has 5 N–H and O–H groups in total. The molecule has 13 heteroatoms. The van der Waals surface area contributed by atoms with Crippen LogP contribution in [0, 0.1) is 11.7 Å². The molecular formula is C30H36ClFIN2O8-. The van der Waals surface area contributed by atoms with Gasteiger partial charge in [-0.25, -0.2) is 0 Å². The third kappa shape index (κ3) is 9.10. The number of amides is 1. The molecule has 43 heavy (non-hydrogen) atoms. The first-order valence-corrected chi connectivity index (χ1v) is 16.7. The summed E-state index contributed by atoms with van der Waals surface area (Å²) in [6.45, 7) is 3.09. The molecule has 7 unspecified atom stereocenters. The zero-order valence-corrected chi connectivity index (χ0v) is 26.6. The number of carbonyl (C=O) groups excluding carboxylic acids is 1. The number of oxime groups is 1. The van der Waals surface area contributed by atoms with Crippen LogP contribution in [-0.4, -0.2) is 71.4 Å². The number of nitrogens with one attached hydrogen (secondary N) is 1. The van der Waals surface area contributed by atoms with Gasteiger partial charge >= 0.3 is 165 Å². The molecule has 0 aromatic heterocycles. The van der Waals surface area contributed by atoms with Crippen molar-refractivity contribution in [2.75, 3.05) is 6.79 Å². The van der Waals surface area contributed by atoms with E-state index in [1.165, 1.54) is 25.1 Å². The summed E-state index contributed by atoms with van der Waals surface area (Å²) in [5, 5.41) is 47.4. The molecular weight excluding hydrogens is 698 g/mol. The molecule has 4 rings (SSSR count). The zero-order valence-electron chi connectivity index (χ0n) is 23.7. The predicted molar refractivity (Wildman–Crippen MR) is 153 cm³/mol. The molecule has 2 aliphatic rings. The Morgan fingerprint density at radius 1 is 1.16 bits per heavy atom. The monoisotopic (exact) mass is 733 g/mol. The van der Waals surface area contributed by atoms with Crippen molar-refractivity contribution in [3.8, 4) is 5.75 Å². The van der Waals surface area contributed by atoms with Crippen LogP contribution in [0.4, 0.5) is 4.39 Å². The van der Waals surface area contributed by atoms with Gasteiger partial charge in [0.25, 0.3) is 0 Å². The first-order valence-electron chi connectivity index (χ1n) is 13.8. The van der Waals surface area contributed by atoms with Gasteiger partial charge in [-0.15, -0.1) is 0 Å². The average Bonchev–Trinajstić information content (AvgIpc) is 3.44. The Bertz CT molecular complexity index is 1330. The number of carbonyl (C=O) groups is 1. The molecule has 2 aromatic rings. The van der Waals surface area contributed by atoms with Crippen LogP contribution >= 0.6 is 11.6 Å². The van der Waals surface area contributed by atoms with Crippen molar-refractivity contribution in [3.05, 3.63) is 70.0 Å². The van der Waals surface area contributed by atoms with Gasteiger partial charge in [0.05, 0.1) is 5.71 Å². The number of halogens is 3. The maximum absolute atomic E-state index is 15.0. The van der Waals surface area contributed by atoms with E-state index in [0.29, 0.717) is 23.6 Å². The quantitative estimate of drug-likeness (QED) is 0.0539. The van der Waals surface area contributed by atoms with Crippen LogP contribution in [0.1, 0.15) is 44.2 Å². The van der Waals surface area contributed by atoms with Crippen molar-refractivity contribution >= 4 is 29.3 Å². The Morgan fingerprint density at radius 3 is 2.67 bits per heavy atom. The van der Waals surface area contributed by atoms with E-state index in [1.54, 1.807) is 12.1 Å². The standard InChI is InChI=1S/C30H36ClFIN2O8/c1-16(30(40)34-25-26(37)27(38)29(41-15-36)33-28(25)39)10-18-6-9-24(23(32)12-18)43-22-8-7-20(13-22)17(2)35-42-14-19-4-3-5-21(31)11-19/h3-6,9-12,20,22,25-29,36-39H,7-8,13-15H2,1-2H3,(H,34,40)/q-1/b16-10+,35-17+. The van der Waals surface area contributed by atoms with E-state index in [2.05, 4.69) is 10.5 Å². The average molecular weight is 734 g/mol. The minimum atomic E-state index is -1.49. The normalized spacial score (nSPS) is 28.2. The van der Waals surface area contributed by atoms with Crippen molar-refractivity contribution in [2.24, 2.45) is 11.1 Å². The van der Waals surface area contributed by atoms with Gasteiger partial charge in [0.2, 0.25) is 0 Å². The second kappa shape index (κ2) is 15.6. The number of aliphatic hydroxyl groups excluding tert-OH is 4. The van der Waals surface area contributed by atoms with Crippen molar-refractivity contribution < 1.29 is 65.1 Å². The van der Waals surface area contributed by atoms with Crippen LogP contribution < -0.4 is 31.3 Å². The van der Waals surface area contributed by atoms with Gasteiger partial charge in [-0.1, -0.05) is 28.9 Å². The summed E-state index contributed by atoms with van der Waals surface area (Å²) in [5.41, 5.74) is 2.41. The summed E-state index contributed by atoms with van der Waals surface area (Å²) in [5.74, 6) is -0.884. The number of nitrogens with zero attached hydrogens (tertiary/aromatic N) is 1. The fourth-order valence-corrected chi connectivity index (χ4v) is 8.18. The summed E-state index contributed by atoms with van der Waals surface area (Å²) in [4.78, 5) is 18.3. The number of ether oxygens (including phenoxy) is 2. The second-order valence-electron chi connectivity index (χ2n) is 10.5. The van der Waals surface area contributed by atoms with Crippen LogP contribution in [-0.2, 0) is 21.0 Å². The van der Waals surface area contributed by atoms with Crippen LogP contribution in [0.5, 0.6) is 5.75 Å². The van der Waals surface area contributed by atoms with Crippen molar-refractivity contribution in [2.45, 2.75) is 72.3 Å². The fourth-order valence-electron chi connectivity index (χ4n) is 4.97. The fraction of sp³-hybridized carbons (Fsp3) is 0.467. The van der Waals surface area contributed by atoms with E-state index in [-0.39, 0.29) is 23.3 Å². The Morgan fingerprint density at radius 2 is 1.95 bits per heavy atom. The van der Waals surface area contributed by atoms with Crippen LogP contribution in [0.3, 0.4) is 0 Å². The number of benzene rings is 2. The molecule has 2 fully saturated rings. The zero-order chi connectivity index (χ0) is 31.1. The molecule has 0 bridgehead atoms. The molecule has 1 aliphatic heterocycles. The molecule has 1 amide bonds. The molecule has 1 aliphatic carbocycles. The summed E-state index contributed by atoms with van der Waals surface area (Å²) in [6, 6.07) is 10.7. The Balaban J connectivity index is 1.29. The number of aliphatic hydroxyl groups is 4. The van der Waals surface area contributed by atoms with Gasteiger partial charge in [-0.3, -0.25) is 0 Å². The van der Waals surface area contributed by atoms with E-state index in [9.17, 15) is 24.5 Å². The summed E-state index contributed by atoms with van der Waals surface area (Å²) >= 11 is 4.79. The summed E-state index contributed by atoms with van der Waals surface area (Å²) in [6.07, 6.45) is 0.711. The van der Waals surface area contributed by atoms with E-state index >= 15 is 0 Å². The van der Waals surface area contributed by atoms with Crippen LogP contribution in [0.2, 0.25) is 5.02 Å². The van der Waals surface area contributed by atoms with Crippen LogP contribution in [0.15, 0.2) is 53.2 Å². The first-order chi connectivity index (χ1) is 20.5. The number of hydrogen-bond donors (Lipinski definition) is 5. The maximum atomic E-state index is 15.0. The number of rotatable bonds is 11. The Kier molecular flexibility index (Phi) is 12.2. The molecule has 1 saturated carbocycles. The summed E-state index contributed by atoms with van der Waals surface area (Å²) < 4.78 is 23.9. The molecule has 236 valence electrons. The second-order valence-corrected chi connectivity index (χ2v) is 14.2. The van der Waals surface area contributed by atoms with E-state index in [1.807, 2.05) is 25.1 Å². The molecule has 0 spiro atoms. The number of hydrogen-bond acceptors (Lipinski definition) is 9. The first kappa shape index (κ1) is 33.6. The molecule has 10 nitrogen and oxygen atoms in total. The van der Waals surface area contributed by atoms with E-state index < -0.39 is 66.2 Å². The Labute approximate surface area is 264 Å². The predicted octanol–water partition coefficient (Wildman–Crippen LogP) is -0.0573. The van der Waals surface area contributed by atoms with Crippen molar-refractivity contribution in [3.63, 3.8) is 0 Å². The van der Waals surface area contributed by atoms with Gasteiger partial charge in [0.15, 0.2) is 0 Å². The third-order valence-corrected chi connectivity index (χ3v) is 10.9. The molecule has 1 heterocycles. The van der Waals surface area contributed by atoms with Crippen LogP contribution in [0.25, 0.3) is 6.08 Å². The van der Waals surface area contributed by atoms with Gasteiger partial charge in [-0.05, 0) is 43.9 Å². The molecule has 0 radical (unpaired) electrons. The van der Waals surface area contributed by atoms with Crippen molar-refractivity contribution in [1.82, 2.24) is 5.32 Å². The Hall–Kier alpha value is -2.33. The van der Waals surface area contributed by atoms with Gasteiger partial charge < -0.3 is 4.84 Å². The molecule has 2 aromatic carbocycles.